The Bertz CT molecular complexity index is 64.0. The lowest BCUT2D eigenvalue weighted by Gasteiger charge is -2.07. The molecule has 0 unspecified atom stereocenters. The number of aliphatic hydroxyl groups is 2. The molecule has 0 aromatic carbocycles. The Hall–Kier alpha value is -0.120. The van der Waals surface area contributed by atoms with Crippen LogP contribution in [0.25, 0.3) is 0 Å². The summed E-state index contributed by atoms with van der Waals surface area (Å²) < 4.78 is 0. The van der Waals surface area contributed by atoms with Crippen LogP contribution in [-0.4, -0.2) is 29.6 Å². The molecule has 0 rings (SSSR count). The minimum absolute atomic E-state index is 0.271. The number of hydrogen-bond acceptors (Lipinski definition) is 3. The van der Waals surface area contributed by atoms with Gasteiger partial charge in [-0.3, -0.25) is 0 Å². The van der Waals surface area contributed by atoms with Gasteiger partial charge in [0.15, 0.2) is 6.29 Å². The van der Waals surface area contributed by atoms with E-state index < -0.39 is 6.29 Å². The summed E-state index contributed by atoms with van der Waals surface area (Å²) in [6, 6.07) is 0. The monoisotopic (exact) mass is 147 g/mol. The molecular formula is C7H17NO2. The van der Waals surface area contributed by atoms with E-state index in [2.05, 4.69) is 19.2 Å². The highest BCUT2D eigenvalue weighted by Crippen LogP contribution is 1.95. The van der Waals surface area contributed by atoms with Crippen molar-refractivity contribution < 1.29 is 10.2 Å². The quantitative estimate of drug-likeness (QED) is 0.377. The number of hydrogen-bond donors (Lipinski definition) is 3. The Balaban J connectivity index is 2.91. The summed E-state index contributed by atoms with van der Waals surface area (Å²) in [7, 11) is 0. The number of aliphatic hydroxyl groups excluding tert-OH is 1. The van der Waals surface area contributed by atoms with E-state index in [1.54, 1.807) is 0 Å². The fourth-order valence-corrected chi connectivity index (χ4v) is 0.622. The van der Waals surface area contributed by atoms with Crippen molar-refractivity contribution in [3.8, 4) is 0 Å². The maximum atomic E-state index is 8.41. The summed E-state index contributed by atoms with van der Waals surface area (Å²) in [4.78, 5) is 0. The molecule has 0 aromatic heterocycles. The fraction of sp³-hybridized carbons (Fsp3) is 1.00. The summed E-state index contributed by atoms with van der Waals surface area (Å²) >= 11 is 0. The summed E-state index contributed by atoms with van der Waals surface area (Å²) in [6.07, 6.45) is -0.139. The molecule has 0 radical (unpaired) electrons. The maximum Gasteiger partial charge on any atom is 0.164 e. The van der Waals surface area contributed by atoms with Gasteiger partial charge in [-0.15, -0.1) is 0 Å². The number of nitrogens with one attached hydrogen (secondary N) is 1. The third-order valence-electron chi connectivity index (χ3n) is 1.23. The van der Waals surface area contributed by atoms with E-state index in [9.17, 15) is 0 Å². The zero-order chi connectivity index (χ0) is 7.98. The van der Waals surface area contributed by atoms with Crippen molar-refractivity contribution in [3.63, 3.8) is 0 Å². The molecule has 3 nitrogen and oxygen atoms in total. The highest BCUT2D eigenvalue weighted by atomic mass is 16.5. The molecule has 0 aromatic rings. The van der Waals surface area contributed by atoms with E-state index in [1.165, 1.54) is 0 Å². The minimum atomic E-state index is -1.22. The molecule has 3 N–H and O–H groups in total. The van der Waals surface area contributed by atoms with Crippen LogP contribution in [0.2, 0.25) is 0 Å². The molecule has 0 fully saturated rings. The van der Waals surface area contributed by atoms with Crippen LogP contribution in [0.3, 0.4) is 0 Å². The Morgan fingerprint density at radius 1 is 1.30 bits per heavy atom. The van der Waals surface area contributed by atoms with Crippen LogP contribution in [0.15, 0.2) is 0 Å². The van der Waals surface area contributed by atoms with Crippen molar-refractivity contribution in [1.29, 1.82) is 0 Å². The van der Waals surface area contributed by atoms with E-state index in [0.717, 1.165) is 13.0 Å². The molecular weight excluding hydrogens is 130 g/mol. The van der Waals surface area contributed by atoms with Crippen molar-refractivity contribution in [2.24, 2.45) is 5.92 Å². The van der Waals surface area contributed by atoms with Crippen molar-refractivity contribution in [2.45, 2.75) is 26.6 Å². The topological polar surface area (TPSA) is 52.5 Å². The van der Waals surface area contributed by atoms with Crippen LogP contribution in [0.1, 0.15) is 20.3 Å². The van der Waals surface area contributed by atoms with E-state index in [0.29, 0.717) is 5.92 Å². The second-order valence-electron chi connectivity index (χ2n) is 2.87. The Kier molecular flexibility index (Phi) is 5.58. The van der Waals surface area contributed by atoms with Gasteiger partial charge in [0.25, 0.3) is 0 Å². The minimum Gasteiger partial charge on any atom is -0.367 e. The molecule has 10 heavy (non-hydrogen) atoms. The molecule has 0 aliphatic carbocycles. The van der Waals surface area contributed by atoms with Crippen LogP contribution in [0, 0.1) is 5.92 Å². The summed E-state index contributed by atoms with van der Waals surface area (Å²) in [6.45, 7) is 5.40. The number of rotatable bonds is 5. The third-order valence-corrected chi connectivity index (χ3v) is 1.23. The van der Waals surface area contributed by atoms with E-state index >= 15 is 0 Å². The SMILES string of the molecule is CC(C)CCNCC(O)O. The fourth-order valence-electron chi connectivity index (χ4n) is 0.622. The molecule has 0 spiro atoms. The highest BCUT2D eigenvalue weighted by molar-refractivity contribution is 4.50. The molecule has 0 atom stereocenters. The van der Waals surface area contributed by atoms with Crippen LogP contribution in [-0.2, 0) is 0 Å². The molecule has 62 valence electrons. The van der Waals surface area contributed by atoms with Gasteiger partial charge in [-0.25, -0.2) is 0 Å². The smallest absolute Gasteiger partial charge is 0.164 e. The van der Waals surface area contributed by atoms with Gasteiger partial charge in [-0.1, -0.05) is 13.8 Å². The molecule has 3 heteroatoms. The summed E-state index contributed by atoms with van der Waals surface area (Å²) in [5.41, 5.74) is 0. The normalized spacial score (nSPS) is 11.4. The molecule has 0 heterocycles. The third kappa shape index (κ3) is 7.88. The average Bonchev–Trinajstić information content (AvgIpc) is 1.79. The van der Waals surface area contributed by atoms with Crippen molar-refractivity contribution in [2.75, 3.05) is 13.1 Å². The van der Waals surface area contributed by atoms with Crippen LogP contribution in [0.4, 0.5) is 0 Å². The zero-order valence-electron chi connectivity index (χ0n) is 6.67. The van der Waals surface area contributed by atoms with Crippen molar-refractivity contribution >= 4 is 0 Å². The van der Waals surface area contributed by atoms with Crippen LogP contribution >= 0.6 is 0 Å². The molecule has 0 saturated heterocycles. The first-order valence-corrected chi connectivity index (χ1v) is 3.69. The summed E-state index contributed by atoms with van der Waals surface area (Å²) in [5, 5.41) is 19.7. The predicted molar refractivity (Wildman–Crippen MR) is 40.6 cm³/mol. The molecule has 0 bridgehead atoms. The first-order chi connectivity index (χ1) is 4.63. The Labute approximate surface area is 62.1 Å². The van der Waals surface area contributed by atoms with Gasteiger partial charge in [0.2, 0.25) is 0 Å². The molecule has 0 aliphatic heterocycles. The van der Waals surface area contributed by atoms with E-state index in [1.807, 2.05) is 0 Å². The molecule has 0 amide bonds. The van der Waals surface area contributed by atoms with Gasteiger partial charge >= 0.3 is 0 Å². The van der Waals surface area contributed by atoms with Gasteiger partial charge < -0.3 is 15.5 Å². The Morgan fingerprint density at radius 2 is 1.90 bits per heavy atom. The summed E-state index contributed by atoms with van der Waals surface area (Å²) in [5.74, 6) is 0.670. The molecule has 0 aliphatic rings. The van der Waals surface area contributed by atoms with Gasteiger partial charge in [-0.05, 0) is 18.9 Å². The largest absolute Gasteiger partial charge is 0.367 e. The van der Waals surface area contributed by atoms with Gasteiger partial charge in [0.1, 0.15) is 0 Å². The maximum absolute atomic E-state index is 8.41. The second kappa shape index (κ2) is 5.65. The van der Waals surface area contributed by atoms with Crippen LogP contribution in [0.5, 0.6) is 0 Å². The second-order valence-corrected chi connectivity index (χ2v) is 2.87. The Morgan fingerprint density at radius 3 is 2.30 bits per heavy atom. The lowest BCUT2D eigenvalue weighted by atomic mass is 10.1. The standard InChI is InChI=1S/C7H17NO2/c1-6(2)3-4-8-5-7(9)10/h6-10H,3-5H2,1-2H3. The van der Waals surface area contributed by atoms with Crippen LogP contribution < -0.4 is 5.32 Å². The van der Waals surface area contributed by atoms with Gasteiger partial charge in [0.05, 0.1) is 0 Å². The zero-order valence-corrected chi connectivity index (χ0v) is 6.67. The first-order valence-electron chi connectivity index (χ1n) is 3.69. The van der Waals surface area contributed by atoms with Gasteiger partial charge in [0, 0.05) is 6.54 Å². The van der Waals surface area contributed by atoms with Crippen molar-refractivity contribution in [3.05, 3.63) is 0 Å². The van der Waals surface area contributed by atoms with E-state index in [4.69, 9.17) is 10.2 Å². The molecule has 0 saturated carbocycles. The highest BCUT2D eigenvalue weighted by Gasteiger charge is 1.96. The lowest BCUT2D eigenvalue weighted by Crippen LogP contribution is -2.27. The van der Waals surface area contributed by atoms with Gasteiger partial charge in [-0.2, -0.15) is 0 Å². The van der Waals surface area contributed by atoms with E-state index in [-0.39, 0.29) is 6.54 Å². The predicted octanol–water partition coefficient (Wildman–Crippen LogP) is -0.0672. The first kappa shape index (κ1) is 9.88. The average molecular weight is 147 g/mol. The van der Waals surface area contributed by atoms with Crippen molar-refractivity contribution in [1.82, 2.24) is 5.32 Å². The lowest BCUT2D eigenvalue weighted by molar-refractivity contribution is -0.0371.